The van der Waals surface area contributed by atoms with Crippen molar-refractivity contribution in [2.24, 2.45) is 0 Å². The fourth-order valence-corrected chi connectivity index (χ4v) is 1.25. The molecule has 0 radical (unpaired) electrons. The average Bonchev–Trinajstić information content (AvgIpc) is 1.85. The Morgan fingerprint density at radius 2 is 1.50 bits per heavy atom. The first-order valence-corrected chi connectivity index (χ1v) is 4.12. The van der Waals surface area contributed by atoms with Gasteiger partial charge < -0.3 is 10.0 Å². The van der Waals surface area contributed by atoms with E-state index in [4.69, 9.17) is 0 Å². The summed E-state index contributed by atoms with van der Waals surface area (Å²) in [7, 11) is 0. The van der Waals surface area contributed by atoms with Crippen LogP contribution in [-0.4, -0.2) is 17.0 Å². The molecule has 0 rings (SSSR count). The van der Waals surface area contributed by atoms with Crippen LogP contribution in [0.1, 0.15) is 34.6 Å². The van der Waals surface area contributed by atoms with Crippen LogP contribution in [0.4, 0.5) is 0 Å². The molecule has 0 spiro atoms. The third kappa shape index (κ3) is 4.09. The number of allylic oxidation sites excluding steroid dienone is 1. The van der Waals surface area contributed by atoms with Crippen molar-refractivity contribution in [1.82, 2.24) is 4.90 Å². The van der Waals surface area contributed by atoms with E-state index in [1.165, 1.54) is 0 Å². The van der Waals surface area contributed by atoms with E-state index in [0.29, 0.717) is 12.1 Å². The van der Waals surface area contributed by atoms with Crippen molar-refractivity contribution in [2.45, 2.75) is 46.7 Å². The molecule has 0 saturated heterocycles. The minimum absolute atomic E-state index is 0. The number of hydrogen-bond donors (Lipinski definition) is 0. The Bertz CT molecular complexity index is 135. The Morgan fingerprint density at radius 1 is 1.17 bits per heavy atom. The van der Waals surface area contributed by atoms with Crippen molar-refractivity contribution in [2.75, 3.05) is 0 Å². The summed E-state index contributed by atoms with van der Waals surface area (Å²) in [4.78, 5) is 1.86. The Labute approximate surface area is 87.8 Å². The smallest absolute Gasteiger partial charge is 0.861 e. The van der Waals surface area contributed by atoms with Gasteiger partial charge in [-0.05, 0) is 40.5 Å². The van der Waals surface area contributed by atoms with E-state index < -0.39 is 0 Å². The summed E-state index contributed by atoms with van der Waals surface area (Å²) < 4.78 is 0. The fraction of sp³-hybridized carbons (Fsp3) is 0.778. The first-order chi connectivity index (χ1) is 5.00. The summed E-state index contributed by atoms with van der Waals surface area (Å²) in [6, 6.07) is 0.581. The van der Waals surface area contributed by atoms with Gasteiger partial charge in [-0.15, -0.1) is 0 Å². The van der Waals surface area contributed by atoms with Crippen LogP contribution in [0, 0.1) is 0 Å². The first kappa shape index (κ1) is 14.5. The zero-order valence-electron chi connectivity index (χ0n) is 9.09. The summed E-state index contributed by atoms with van der Waals surface area (Å²) in [6.07, 6.45) is 1.61. The van der Waals surface area contributed by atoms with Gasteiger partial charge in [-0.3, -0.25) is 0 Å². The molecule has 0 heterocycles. The van der Waals surface area contributed by atoms with Crippen molar-refractivity contribution in [3.05, 3.63) is 12.0 Å². The molecule has 2 nitrogen and oxygen atoms in total. The van der Waals surface area contributed by atoms with Crippen molar-refractivity contribution in [1.29, 1.82) is 0 Å². The molecule has 0 unspecified atom stereocenters. The van der Waals surface area contributed by atoms with Gasteiger partial charge in [-0.1, -0.05) is 6.08 Å². The monoisotopic (exact) mass is 163 g/mol. The normalized spacial score (nSPS) is 11.8. The second-order valence-corrected chi connectivity index (χ2v) is 3.22. The van der Waals surface area contributed by atoms with Crippen LogP contribution in [-0.2, 0) is 0 Å². The third-order valence-electron chi connectivity index (χ3n) is 1.61. The molecule has 0 aliphatic heterocycles. The van der Waals surface area contributed by atoms with Gasteiger partial charge in [0.1, 0.15) is 0 Å². The molecule has 0 saturated carbocycles. The Hall–Kier alpha value is -0.0626. The van der Waals surface area contributed by atoms with E-state index in [1.807, 2.05) is 32.6 Å². The number of nitrogens with zero attached hydrogens (tertiary/aromatic N) is 1. The van der Waals surface area contributed by atoms with E-state index in [1.54, 1.807) is 13.0 Å². The number of hydrogen-bond acceptors (Lipinski definition) is 2. The van der Waals surface area contributed by atoms with Crippen LogP contribution in [0.2, 0.25) is 0 Å². The Morgan fingerprint density at radius 3 is 1.58 bits per heavy atom. The minimum Gasteiger partial charge on any atom is -0.861 e. The molecule has 3 heteroatoms. The zero-order chi connectivity index (χ0) is 9.02. The van der Waals surface area contributed by atoms with Crippen LogP contribution in [0.25, 0.3) is 0 Å². The van der Waals surface area contributed by atoms with E-state index >= 15 is 0 Å². The second kappa shape index (κ2) is 6.45. The van der Waals surface area contributed by atoms with Gasteiger partial charge in [-0.25, -0.2) is 0 Å². The maximum Gasteiger partial charge on any atom is 1.00 e. The predicted molar refractivity (Wildman–Crippen MR) is 45.9 cm³/mol. The quantitative estimate of drug-likeness (QED) is 0.367. The van der Waals surface area contributed by atoms with E-state index in [9.17, 15) is 5.11 Å². The molecule has 0 aromatic heterocycles. The zero-order valence-corrected chi connectivity index (χ0v) is 9.09. The van der Waals surface area contributed by atoms with E-state index in [-0.39, 0.29) is 24.7 Å². The molecule has 0 amide bonds. The van der Waals surface area contributed by atoms with Crippen LogP contribution in [0.15, 0.2) is 12.0 Å². The Kier molecular flexibility index (Phi) is 7.78. The third-order valence-corrected chi connectivity index (χ3v) is 1.61. The van der Waals surface area contributed by atoms with Gasteiger partial charge >= 0.3 is 18.9 Å². The van der Waals surface area contributed by atoms with Crippen molar-refractivity contribution >= 4 is 0 Å². The topological polar surface area (TPSA) is 26.3 Å². The minimum atomic E-state index is 0. The van der Waals surface area contributed by atoms with Crippen LogP contribution < -0.4 is 24.0 Å². The summed E-state index contributed by atoms with van der Waals surface area (Å²) in [6.45, 7) is 9.89. The van der Waals surface area contributed by atoms with Crippen molar-refractivity contribution in [3.63, 3.8) is 0 Å². The molecule has 0 aliphatic rings. The van der Waals surface area contributed by atoms with Crippen LogP contribution in [0.3, 0.4) is 0 Å². The van der Waals surface area contributed by atoms with E-state index in [0.717, 1.165) is 0 Å². The molecular formula is C9H18LiNO. The van der Waals surface area contributed by atoms with Crippen LogP contribution in [0.5, 0.6) is 0 Å². The number of rotatable bonds is 3. The summed E-state index contributed by atoms with van der Waals surface area (Å²) in [5.41, 5.74) is 0. The molecular weight excluding hydrogens is 145 g/mol. The molecule has 0 aromatic rings. The van der Waals surface area contributed by atoms with Gasteiger partial charge in [0.05, 0.1) is 0 Å². The maximum absolute atomic E-state index is 11.3. The summed E-state index contributed by atoms with van der Waals surface area (Å²) in [5.74, 6) is 0.120. The molecule has 0 aliphatic carbocycles. The van der Waals surface area contributed by atoms with Gasteiger partial charge in [0.25, 0.3) is 0 Å². The first-order valence-electron chi connectivity index (χ1n) is 4.12. The summed E-state index contributed by atoms with van der Waals surface area (Å²) >= 11 is 0. The molecule has 0 fully saturated rings. The van der Waals surface area contributed by atoms with Gasteiger partial charge in [0, 0.05) is 12.1 Å². The standard InChI is InChI=1S/C9H19NO.Li/c1-6-9(11)10(7(2)3)8(4)5;/h6-8,11H,1-5H3;/q;+1/p-1/b9-6+;. The van der Waals surface area contributed by atoms with E-state index in [2.05, 4.69) is 0 Å². The largest absolute Gasteiger partial charge is 1.00 e. The van der Waals surface area contributed by atoms with Crippen molar-refractivity contribution in [3.8, 4) is 0 Å². The second-order valence-electron chi connectivity index (χ2n) is 3.22. The SMILES string of the molecule is C/C=C(/[O-])N(C(C)C)C(C)C.[Li+]. The maximum atomic E-state index is 11.3. The molecule has 0 aromatic carbocycles. The fourth-order valence-electron chi connectivity index (χ4n) is 1.25. The molecule has 0 atom stereocenters. The predicted octanol–water partition coefficient (Wildman–Crippen LogP) is -1.67. The van der Waals surface area contributed by atoms with Crippen molar-refractivity contribution < 1.29 is 24.0 Å². The summed E-state index contributed by atoms with van der Waals surface area (Å²) in [5, 5.41) is 11.3. The molecule has 12 heavy (non-hydrogen) atoms. The average molecular weight is 163 g/mol. The van der Waals surface area contributed by atoms with Crippen LogP contribution >= 0.6 is 0 Å². The van der Waals surface area contributed by atoms with Gasteiger partial charge in [0.15, 0.2) is 0 Å². The molecule has 0 N–H and O–H groups in total. The Balaban J connectivity index is 0. The molecule has 0 bridgehead atoms. The molecule has 66 valence electrons. The van der Waals surface area contributed by atoms with Gasteiger partial charge in [-0.2, -0.15) is 0 Å². The van der Waals surface area contributed by atoms with Gasteiger partial charge in [0.2, 0.25) is 0 Å².